The van der Waals surface area contributed by atoms with Crippen molar-refractivity contribution in [3.05, 3.63) is 34.9 Å². The molecule has 3 atom stereocenters. The molecule has 1 heterocycles. The number of hydrogen-bond donors (Lipinski definition) is 2. The smallest absolute Gasteiger partial charge is 0.191 e. The van der Waals surface area contributed by atoms with Crippen molar-refractivity contribution < 1.29 is 8.95 Å². The standard InChI is InChI=1S/C22H34ClN3O2S/c1-3-29(27)20-9-5-8-19(15-20)26-21(24-2)25-16-22(10-12-28-13-11-22)17-6-4-7-18(23)14-17/h4,6-7,14,19-20H,3,5,8-13,15-16H2,1-2H3,(H2,24,25,26). The molecule has 3 unspecified atom stereocenters. The second-order valence-electron chi connectivity index (χ2n) is 8.13. The van der Waals surface area contributed by atoms with Gasteiger partial charge in [-0.3, -0.25) is 9.20 Å². The summed E-state index contributed by atoms with van der Waals surface area (Å²) in [6.07, 6.45) is 6.16. The van der Waals surface area contributed by atoms with E-state index in [2.05, 4.69) is 27.8 Å². The lowest BCUT2D eigenvalue weighted by Crippen LogP contribution is -2.51. The predicted octanol–water partition coefficient (Wildman–Crippen LogP) is 3.63. The van der Waals surface area contributed by atoms with E-state index in [-0.39, 0.29) is 5.41 Å². The fourth-order valence-electron chi connectivity index (χ4n) is 4.54. The SMILES string of the molecule is CCS(=O)C1CCCC(NC(=NC)NCC2(c3cccc(Cl)c3)CCOCC2)C1. The monoisotopic (exact) mass is 439 g/mol. The minimum atomic E-state index is -0.719. The van der Waals surface area contributed by atoms with Gasteiger partial charge in [0.25, 0.3) is 0 Å². The molecule has 1 aromatic carbocycles. The van der Waals surface area contributed by atoms with Gasteiger partial charge in [0.2, 0.25) is 0 Å². The molecule has 162 valence electrons. The molecule has 1 saturated carbocycles. The summed E-state index contributed by atoms with van der Waals surface area (Å²) in [5.74, 6) is 1.57. The van der Waals surface area contributed by atoms with E-state index in [0.717, 1.165) is 75.0 Å². The number of ether oxygens (including phenoxy) is 1. The van der Waals surface area contributed by atoms with Gasteiger partial charge in [-0.05, 0) is 49.8 Å². The van der Waals surface area contributed by atoms with Crippen molar-refractivity contribution in [1.82, 2.24) is 10.6 Å². The highest BCUT2D eigenvalue weighted by Crippen LogP contribution is 2.35. The van der Waals surface area contributed by atoms with Crippen molar-refractivity contribution in [2.24, 2.45) is 4.99 Å². The first-order valence-electron chi connectivity index (χ1n) is 10.7. The number of aliphatic imine (C=N–C) groups is 1. The molecule has 0 amide bonds. The topological polar surface area (TPSA) is 62.7 Å². The first-order chi connectivity index (χ1) is 14.1. The zero-order valence-electron chi connectivity index (χ0n) is 17.6. The molecule has 0 radical (unpaired) electrons. The Bertz CT molecular complexity index is 722. The molecule has 1 saturated heterocycles. The Morgan fingerprint density at radius 1 is 1.34 bits per heavy atom. The molecule has 5 nitrogen and oxygen atoms in total. The summed E-state index contributed by atoms with van der Waals surface area (Å²) in [4.78, 5) is 4.46. The molecule has 2 aliphatic rings. The highest BCUT2D eigenvalue weighted by molar-refractivity contribution is 7.85. The van der Waals surface area contributed by atoms with Gasteiger partial charge in [0.05, 0.1) is 0 Å². The number of halogens is 1. The van der Waals surface area contributed by atoms with E-state index in [4.69, 9.17) is 16.3 Å². The van der Waals surface area contributed by atoms with Gasteiger partial charge >= 0.3 is 0 Å². The molecule has 2 N–H and O–H groups in total. The van der Waals surface area contributed by atoms with E-state index in [9.17, 15) is 4.21 Å². The van der Waals surface area contributed by atoms with Gasteiger partial charge in [0, 0.05) is 65.1 Å². The summed E-state index contributed by atoms with van der Waals surface area (Å²) in [6, 6.07) is 8.52. The van der Waals surface area contributed by atoms with E-state index >= 15 is 0 Å². The molecule has 3 rings (SSSR count). The molecule has 7 heteroatoms. The Balaban J connectivity index is 1.64. The van der Waals surface area contributed by atoms with Crippen LogP contribution in [0.3, 0.4) is 0 Å². The highest BCUT2D eigenvalue weighted by atomic mass is 35.5. The third kappa shape index (κ3) is 5.96. The molecule has 29 heavy (non-hydrogen) atoms. The minimum Gasteiger partial charge on any atom is -0.381 e. The first-order valence-corrected chi connectivity index (χ1v) is 12.5. The van der Waals surface area contributed by atoms with Crippen LogP contribution in [0.4, 0.5) is 0 Å². The summed E-state index contributed by atoms with van der Waals surface area (Å²) < 4.78 is 17.9. The van der Waals surface area contributed by atoms with E-state index in [1.807, 2.05) is 26.1 Å². The third-order valence-electron chi connectivity index (χ3n) is 6.33. The van der Waals surface area contributed by atoms with Crippen LogP contribution in [0.15, 0.2) is 29.3 Å². The Morgan fingerprint density at radius 3 is 2.83 bits per heavy atom. The molecule has 1 aliphatic carbocycles. The molecule has 0 spiro atoms. The van der Waals surface area contributed by atoms with Crippen molar-refractivity contribution in [1.29, 1.82) is 0 Å². The largest absolute Gasteiger partial charge is 0.381 e. The van der Waals surface area contributed by atoms with Gasteiger partial charge in [-0.15, -0.1) is 0 Å². The van der Waals surface area contributed by atoms with Crippen LogP contribution in [0.2, 0.25) is 5.02 Å². The number of nitrogens with zero attached hydrogens (tertiary/aromatic N) is 1. The Kier molecular flexibility index (Phi) is 8.39. The van der Waals surface area contributed by atoms with Gasteiger partial charge in [-0.1, -0.05) is 37.1 Å². The van der Waals surface area contributed by atoms with Crippen LogP contribution < -0.4 is 10.6 Å². The molecule has 1 aliphatic heterocycles. The maximum Gasteiger partial charge on any atom is 0.191 e. The summed E-state index contributed by atoms with van der Waals surface area (Å²) >= 11 is 6.28. The van der Waals surface area contributed by atoms with Crippen LogP contribution in [-0.4, -0.2) is 54.0 Å². The van der Waals surface area contributed by atoms with Crippen LogP contribution in [-0.2, 0) is 21.0 Å². The molecule has 0 bridgehead atoms. The lowest BCUT2D eigenvalue weighted by molar-refractivity contribution is 0.0513. The second-order valence-corrected chi connectivity index (χ2v) is 10.6. The average Bonchev–Trinajstić information content (AvgIpc) is 2.77. The summed E-state index contributed by atoms with van der Waals surface area (Å²) in [5, 5.41) is 8.22. The van der Waals surface area contributed by atoms with Gasteiger partial charge in [0.15, 0.2) is 5.96 Å². The quantitative estimate of drug-likeness (QED) is 0.524. The molecular weight excluding hydrogens is 406 g/mol. The van der Waals surface area contributed by atoms with Gasteiger partial charge in [-0.2, -0.15) is 0 Å². The van der Waals surface area contributed by atoms with Crippen molar-refractivity contribution in [2.75, 3.05) is 32.6 Å². The molecule has 2 fully saturated rings. The maximum absolute atomic E-state index is 12.2. The fourth-order valence-corrected chi connectivity index (χ4v) is 6.08. The van der Waals surface area contributed by atoms with Crippen LogP contribution in [0, 0.1) is 0 Å². The zero-order valence-corrected chi connectivity index (χ0v) is 19.2. The molecular formula is C22H34ClN3O2S. The summed E-state index contributed by atoms with van der Waals surface area (Å²) in [7, 11) is 1.10. The van der Waals surface area contributed by atoms with Crippen molar-refractivity contribution >= 4 is 28.4 Å². The average molecular weight is 440 g/mol. The number of guanidine groups is 1. The normalized spacial score (nSPS) is 26.0. The summed E-state index contributed by atoms with van der Waals surface area (Å²) in [6.45, 7) is 4.31. The lowest BCUT2D eigenvalue weighted by Gasteiger charge is -2.39. The van der Waals surface area contributed by atoms with Crippen LogP contribution in [0.1, 0.15) is 51.0 Å². The Labute approximate surface area is 182 Å². The first kappa shape index (κ1) is 22.6. The van der Waals surface area contributed by atoms with E-state index in [1.165, 1.54) is 5.56 Å². The van der Waals surface area contributed by atoms with E-state index in [0.29, 0.717) is 11.3 Å². The predicted molar refractivity (Wildman–Crippen MR) is 122 cm³/mol. The number of benzene rings is 1. The fraction of sp³-hybridized carbons (Fsp3) is 0.682. The number of hydrogen-bond acceptors (Lipinski definition) is 3. The zero-order chi connectivity index (χ0) is 20.7. The van der Waals surface area contributed by atoms with Gasteiger partial charge in [-0.25, -0.2) is 0 Å². The Hall–Kier alpha value is -1.11. The van der Waals surface area contributed by atoms with Crippen molar-refractivity contribution in [3.63, 3.8) is 0 Å². The van der Waals surface area contributed by atoms with Gasteiger partial charge in [0.1, 0.15) is 0 Å². The van der Waals surface area contributed by atoms with E-state index in [1.54, 1.807) is 0 Å². The maximum atomic E-state index is 12.2. The van der Waals surface area contributed by atoms with E-state index < -0.39 is 10.8 Å². The van der Waals surface area contributed by atoms with Crippen LogP contribution >= 0.6 is 11.6 Å². The van der Waals surface area contributed by atoms with Crippen molar-refractivity contribution in [3.8, 4) is 0 Å². The van der Waals surface area contributed by atoms with Crippen LogP contribution in [0.5, 0.6) is 0 Å². The minimum absolute atomic E-state index is 0.0143. The summed E-state index contributed by atoms with van der Waals surface area (Å²) in [5.41, 5.74) is 1.24. The molecule has 1 aromatic rings. The Morgan fingerprint density at radius 2 is 2.14 bits per heavy atom. The van der Waals surface area contributed by atoms with Gasteiger partial charge < -0.3 is 15.4 Å². The highest BCUT2D eigenvalue weighted by Gasteiger charge is 2.35. The molecule has 0 aromatic heterocycles. The van der Waals surface area contributed by atoms with Crippen molar-refractivity contribution in [2.45, 2.75) is 62.2 Å². The van der Waals surface area contributed by atoms with Crippen LogP contribution in [0.25, 0.3) is 0 Å². The number of rotatable bonds is 6. The third-order valence-corrected chi connectivity index (χ3v) is 8.30. The second kappa shape index (κ2) is 10.8. The lowest BCUT2D eigenvalue weighted by atomic mass is 9.74. The number of nitrogens with one attached hydrogen (secondary N) is 2.